The maximum absolute atomic E-state index is 10.4. The standard InChI is InChI=1S/C28H38N2O2.2C2H4O2.Co/c1-5-7-21-13-19(3)27(31)23(15-21)17-29-25-9-11-26(12-10-25)30-18-24-16-22(8-6-2)14-20(4)28(24)32;2*1-2(3)4;/h13-18,25-26,31-32H,5-12H2,1-4H3;2*1H3,(H,3,4);/q;;;+2/p-2. The number of benzene rings is 2. The Hall–Kier alpha value is -3.17. The summed E-state index contributed by atoms with van der Waals surface area (Å²) in [5, 5.41) is 38.6. The zero-order chi connectivity index (χ0) is 30.2. The first-order chi connectivity index (χ1) is 18.9. The molecule has 0 aromatic heterocycles. The van der Waals surface area contributed by atoms with Crippen molar-refractivity contribution in [3.05, 3.63) is 57.6 Å². The van der Waals surface area contributed by atoms with E-state index in [-0.39, 0.29) is 28.9 Å². The number of rotatable bonds is 8. The molecule has 1 aliphatic rings. The summed E-state index contributed by atoms with van der Waals surface area (Å²) < 4.78 is 0. The number of aromatic hydroxyl groups is 2. The molecule has 0 heterocycles. The van der Waals surface area contributed by atoms with Gasteiger partial charge in [-0.05, 0) is 101 Å². The maximum Gasteiger partial charge on any atom is 2.00 e. The molecule has 3 rings (SSSR count). The Morgan fingerprint density at radius 2 is 1.05 bits per heavy atom. The van der Waals surface area contributed by atoms with Gasteiger partial charge in [-0.2, -0.15) is 0 Å². The molecule has 0 aliphatic heterocycles. The molecule has 2 aromatic rings. The number of phenols is 2. The van der Waals surface area contributed by atoms with E-state index in [2.05, 4.69) is 38.1 Å². The van der Waals surface area contributed by atoms with Crippen LogP contribution in [-0.4, -0.2) is 46.7 Å². The van der Waals surface area contributed by atoms with Gasteiger partial charge in [0.1, 0.15) is 11.5 Å². The zero-order valence-corrected chi connectivity index (χ0v) is 26.1. The molecule has 0 unspecified atom stereocenters. The van der Waals surface area contributed by atoms with Crippen LogP contribution in [0.5, 0.6) is 11.5 Å². The Balaban J connectivity index is 0.00000158. The van der Waals surface area contributed by atoms with E-state index in [1.165, 1.54) is 11.1 Å². The Labute approximate surface area is 254 Å². The molecule has 2 aromatic carbocycles. The minimum absolute atomic E-state index is 0. The van der Waals surface area contributed by atoms with Crippen molar-refractivity contribution in [1.29, 1.82) is 0 Å². The van der Waals surface area contributed by atoms with Crippen LogP contribution >= 0.6 is 0 Å². The average Bonchev–Trinajstić information content (AvgIpc) is 2.87. The first kappa shape index (κ1) is 37.8. The summed E-state index contributed by atoms with van der Waals surface area (Å²) in [4.78, 5) is 27.4. The molecule has 227 valence electrons. The predicted molar refractivity (Wildman–Crippen MR) is 156 cm³/mol. The Morgan fingerprint density at radius 1 is 0.756 bits per heavy atom. The van der Waals surface area contributed by atoms with Crippen LogP contribution in [0.4, 0.5) is 0 Å². The molecule has 1 radical (unpaired) electrons. The van der Waals surface area contributed by atoms with Gasteiger partial charge in [-0.25, -0.2) is 0 Å². The summed E-state index contributed by atoms with van der Waals surface area (Å²) >= 11 is 0. The molecule has 0 saturated heterocycles. The van der Waals surface area contributed by atoms with Gasteiger partial charge in [-0.3, -0.25) is 9.98 Å². The van der Waals surface area contributed by atoms with Crippen LogP contribution in [0.2, 0.25) is 0 Å². The molecule has 2 N–H and O–H groups in total. The van der Waals surface area contributed by atoms with Crippen LogP contribution in [0.15, 0.2) is 34.3 Å². The molecule has 0 spiro atoms. The average molecular weight is 612 g/mol. The van der Waals surface area contributed by atoms with Gasteiger partial charge >= 0.3 is 16.8 Å². The first-order valence-electron chi connectivity index (χ1n) is 13.9. The molecule has 0 atom stereocenters. The predicted octanol–water partition coefficient (Wildman–Crippen LogP) is 3.98. The van der Waals surface area contributed by atoms with Crippen LogP contribution in [-0.2, 0) is 39.2 Å². The third-order valence-corrected chi connectivity index (χ3v) is 6.37. The fourth-order valence-electron chi connectivity index (χ4n) is 4.56. The van der Waals surface area contributed by atoms with Gasteiger partial charge in [-0.1, -0.05) is 38.8 Å². The summed E-state index contributed by atoms with van der Waals surface area (Å²) in [7, 11) is 0. The Bertz CT molecular complexity index is 1070. The molecule has 41 heavy (non-hydrogen) atoms. The summed E-state index contributed by atoms with van der Waals surface area (Å²) in [6.07, 6.45) is 11.9. The van der Waals surface area contributed by atoms with Crippen LogP contribution in [0, 0.1) is 13.8 Å². The summed E-state index contributed by atoms with van der Waals surface area (Å²) in [6.45, 7) is 10.2. The van der Waals surface area contributed by atoms with Gasteiger partial charge < -0.3 is 30.0 Å². The molecule has 9 heteroatoms. The number of aliphatic carboxylic acids is 2. The van der Waals surface area contributed by atoms with E-state index in [0.29, 0.717) is 11.5 Å². The van der Waals surface area contributed by atoms with Gasteiger partial charge in [0.2, 0.25) is 0 Å². The number of nitrogens with zero attached hydrogens (tertiary/aromatic N) is 2. The largest absolute Gasteiger partial charge is 2.00 e. The normalized spacial score (nSPS) is 16.2. The second-order valence-electron chi connectivity index (χ2n) is 10.2. The van der Waals surface area contributed by atoms with Crippen LogP contribution in [0.25, 0.3) is 0 Å². The number of carboxylic acids is 2. The van der Waals surface area contributed by atoms with E-state index in [9.17, 15) is 10.2 Å². The summed E-state index contributed by atoms with van der Waals surface area (Å²) in [5.74, 6) is -1.49. The van der Waals surface area contributed by atoms with Crippen LogP contribution in [0.1, 0.15) is 99.6 Å². The van der Waals surface area contributed by atoms with E-state index in [0.717, 1.165) is 87.5 Å². The number of carboxylic acid groups (broad SMARTS) is 2. The van der Waals surface area contributed by atoms with Crippen molar-refractivity contribution in [3.63, 3.8) is 0 Å². The van der Waals surface area contributed by atoms with Crippen molar-refractivity contribution in [2.75, 3.05) is 0 Å². The molecule has 0 bridgehead atoms. The zero-order valence-electron chi connectivity index (χ0n) is 25.0. The van der Waals surface area contributed by atoms with E-state index in [1.54, 1.807) is 0 Å². The third-order valence-electron chi connectivity index (χ3n) is 6.37. The fourth-order valence-corrected chi connectivity index (χ4v) is 4.56. The SMILES string of the molecule is CC(=O)[O-].CC(=O)[O-].CCCc1cc(C)c(O)c(C=NC2CCC(N=Cc3cc(CCC)cc(C)c3O)CC2)c1.[Co+2]. The van der Waals surface area contributed by atoms with Gasteiger partial charge in [0, 0.05) is 35.5 Å². The van der Waals surface area contributed by atoms with E-state index < -0.39 is 11.9 Å². The summed E-state index contributed by atoms with van der Waals surface area (Å²) in [5.41, 5.74) is 5.99. The molecule has 1 aliphatic carbocycles. The maximum atomic E-state index is 10.4. The quantitative estimate of drug-likeness (QED) is 0.432. The molecule has 8 nitrogen and oxygen atoms in total. The van der Waals surface area contributed by atoms with Crippen molar-refractivity contribution in [1.82, 2.24) is 0 Å². The Kier molecular flexibility index (Phi) is 18.3. The minimum atomic E-state index is -1.08. The number of carbonyl (C=O) groups excluding carboxylic acids is 2. The number of carbonyl (C=O) groups is 2. The number of aliphatic imine (C=N–C) groups is 2. The van der Waals surface area contributed by atoms with Crippen molar-refractivity contribution < 1.29 is 46.8 Å². The molecule has 1 fully saturated rings. The Morgan fingerprint density at radius 3 is 1.32 bits per heavy atom. The van der Waals surface area contributed by atoms with E-state index in [1.807, 2.05) is 26.3 Å². The second-order valence-corrected chi connectivity index (χ2v) is 10.2. The van der Waals surface area contributed by atoms with Crippen molar-refractivity contribution in [2.45, 2.75) is 105 Å². The first-order valence-corrected chi connectivity index (χ1v) is 13.9. The van der Waals surface area contributed by atoms with Gasteiger partial charge in [-0.15, -0.1) is 0 Å². The van der Waals surface area contributed by atoms with E-state index >= 15 is 0 Å². The molecule has 1 saturated carbocycles. The van der Waals surface area contributed by atoms with Crippen molar-refractivity contribution in [2.24, 2.45) is 9.98 Å². The van der Waals surface area contributed by atoms with Crippen molar-refractivity contribution in [3.8, 4) is 11.5 Å². The van der Waals surface area contributed by atoms with Gasteiger partial charge in [0.15, 0.2) is 0 Å². The second kappa shape index (κ2) is 19.8. The third kappa shape index (κ3) is 14.9. The molecule has 0 amide bonds. The fraction of sp³-hybridized carbons (Fsp3) is 0.500. The monoisotopic (exact) mass is 611 g/mol. The summed E-state index contributed by atoms with van der Waals surface area (Å²) in [6, 6.07) is 8.81. The topological polar surface area (TPSA) is 145 Å². The number of hydrogen-bond acceptors (Lipinski definition) is 8. The van der Waals surface area contributed by atoms with Crippen LogP contribution < -0.4 is 10.2 Å². The number of phenolic OH excluding ortho intramolecular Hbond substituents is 2. The van der Waals surface area contributed by atoms with E-state index in [4.69, 9.17) is 29.8 Å². The smallest absolute Gasteiger partial charge is 0.550 e. The van der Waals surface area contributed by atoms with Gasteiger partial charge in [0.25, 0.3) is 0 Å². The molecular weight excluding hydrogens is 567 g/mol. The van der Waals surface area contributed by atoms with Crippen molar-refractivity contribution >= 4 is 24.4 Å². The number of aryl methyl sites for hydroxylation is 4. The minimum Gasteiger partial charge on any atom is -0.550 e. The van der Waals surface area contributed by atoms with Gasteiger partial charge in [0.05, 0.1) is 12.1 Å². The number of hydrogen-bond donors (Lipinski definition) is 2. The van der Waals surface area contributed by atoms with Crippen LogP contribution in [0.3, 0.4) is 0 Å². The molecular formula is C32H44CoN2O6.